The van der Waals surface area contributed by atoms with Gasteiger partial charge in [0.1, 0.15) is 11.7 Å². The molecule has 1 N–H and O–H groups in total. The molecule has 9 heteroatoms. The number of anilines is 1. The lowest BCUT2D eigenvalue weighted by Gasteiger charge is -2.18. The van der Waals surface area contributed by atoms with E-state index in [0.29, 0.717) is 0 Å². The maximum Gasteiger partial charge on any atom is 0.326 e. The van der Waals surface area contributed by atoms with Crippen molar-refractivity contribution >= 4 is 23.4 Å². The minimum Gasteiger partial charge on any atom is -0.465 e. The minimum absolute atomic E-state index is 0.0987. The minimum atomic E-state index is -3.21. The summed E-state index contributed by atoms with van der Waals surface area (Å²) in [6, 6.07) is 7.19. The van der Waals surface area contributed by atoms with Crippen LogP contribution in [-0.4, -0.2) is 28.7 Å². The van der Waals surface area contributed by atoms with Gasteiger partial charge in [0.05, 0.1) is 19.3 Å². The summed E-state index contributed by atoms with van der Waals surface area (Å²) in [5, 5.41) is 2.22. The third-order valence-electron chi connectivity index (χ3n) is 3.27. The molecule has 2 aromatic rings. The van der Waals surface area contributed by atoms with Crippen molar-refractivity contribution in [3.63, 3.8) is 0 Å². The standard InChI is InChI=1S/C16H16ClF2N3O3/c1-2-25-13(23)9-22-12(17)8-20-14(15(22)24)21-10-16(18,19)11-6-4-3-5-7-11/h3-8H,2,9-10H2,1H3,(H,20,21). The highest BCUT2D eigenvalue weighted by Gasteiger charge is 2.31. The Bertz CT molecular complexity index is 797. The van der Waals surface area contributed by atoms with Crippen LogP contribution in [0.3, 0.4) is 0 Å². The number of esters is 1. The van der Waals surface area contributed by atoms with Crippen molar-refractivity contribution in [3.8, 4) is 0 Å². The fourth-order valence-electron chi connectivity index (χ4n) is 2.05. The van der Waals surface area contributed by atoms with Gasteiger partial charge >= 0.3 is 5.97 Å². The molecule has 25 heavy (non-hydrogen) atoms. The molecule has 1 aromatic heterocycles. The van der Waals surface area contributed by atoms with Crippen LogP contribution in [0.1, 0.15) is 12.5 Å². The molecule has 134 valence electrons. The summed E-state index contributed by atoms with van der Waals surface area (Å²) in [7, 11) is 0. The van der Waals surface area contributed by atoms with E-state index in [-0.39, 0.29) is 23.1 Å². The Morgan fingerprint density at radius 1 is 1.36 bits per heavy atom. The van der Waals surface area contributed by atoms with Crippen molar-refractivity contribution in [3.05, 3.63) is 57.6 Å². The van der Waals surface area contributed by atoms with E-state index in [0.717, 1.165) is 10.8 Å². The summed E-state index contributed by atoms with van der Waals surface area (Å²) in [4.78, 5) is 27.5. The van der Waals surface area contributed by atoms with Crippen molar-refractivity contribution < 1.29 is 18.3 Å². The van der Waals surface area contributed by atoms with Gasteiger partial charge in [-0.3, -0.25) is 14.2 Å². The number of carbonyl (C=O) groups is 1. The first-order chi connectivity index (χ1) is 11.8. The van der Waals surface area contributed by atoms with Crippen molar-refractivity contribution in [1.82, 2.24) is 9.55 Å². The maximum absolute atomic E-state index is 14.2. The summed E-state index contributed by atoms with van der Waals surface area (Å²) in [6.45, 7) is 0.496. The number of aromatic nitrogens is 2. The van der Waals surface area contributed by atoms with Crippen molar-refractivity contribution in [2.24, 2.45) is 0 Å². The fourth-order valence-corrected chi connectivity index (χ4v) is 2.24. The van der Waals surface area contributed by atoms with Crippen molar-refractivity contribution in [2.75, 3.05) is 18.5 Å². The number of hydrogen-bond donors (Lipinski definition) is 1. The summed E-state index contributed by atoms with van der Waals surface area (Å²) >= 11 is 5.85. The molecule has 0 saturated heterocycles. The number of alkyl halides is 2. The van der Waals surface area contributed by atoms with Crippen LogP contribution >= 0.6 is 11.6 Å². The van der Waals surface area contributed by atoms with E-state index in [4.69, 9.17) is 16.3 Å². The zero-order valence-electron chi connectivity index (χ0n) is 13.3. The lowest BCUT2D eigenvalue weighted by atomic mass is 10.1. The van der Waals surface area contributed by atoms with Crippen LogP contribution in [0.15, 0.2) is 41.3 Å². The Labute approximate surface area is 147 Å². The van der Waals surface area contributed by atoms with Gasteiger partial charge in [0.25, 0.3) is 11.5 Å². The van der Waals surface area contributed by atoms with E-state index >= 15 is 0 Å². The molecule has 2 rings (SSSR count). The largest absolute Gasteiger partial charge is 0.465 e. The number of nitrogens with one attached hydrogen (secondary N) is 1. The van der Waals surface area contributed by atoms with Crippen LogP contribution in [0.2, 0.25) is 5.15 Å². The first-order valence-electron chi connectivity index (χ1n) is 7.43. The third kappa shape index (κ3) is 4.76. The molecular formula is C16H16ClF2N3O3. The van der Waals surface area contributed by atoms with E-state index in [1.54, 1.807) is 13.0 Å². The van der Waals surface area contributed by atoms with Gasteiger partial charge in [-0.25, -0.2) is 4.98 Å². The molecule has 0 unspecified atom stereocenters. The zero-order valence-corrected chi connectivity index (χ0v) is 14.1. The topological polar surface area (TPSA) is 73.2 Å². The molecule has 0 atom stereocenters. The Balaban J connectivity index is 2.18. The maximum atomic E-state index is 14.2. The van der Waals surface area contributed by atoms with Gasteiger partial charge in [0.15, 0.2) is 5.82 Å². The number of halogens is 3. The molecular weight excluding hydrogens is 356 g/mol. The molecule has 1 aromatic carbocycles. The number of benzene rings is 1. The normalized spacial score (nSPS) is 11.2. The first kappa shape index (κ1) is 18.9. The summed E-state index contributed by atoms with van der Waals surface area (Å²) in [5.41, 5.74) is -0.979. The molecule has 0 spiro atoms. The Hall–Kier alpha value is -2.48. The fraction of sp³-hybridized carbons (Fsp3) is 0.312. The first-order valence-corrected chi connectivity index (χ1v) is 7.81. The highest BCUT2D eigenvalue weighted by atomic mass is 35.5. The molecule has 0 bridgehead atoms. The molecule has 1 heterocycles. The number of rotatable bonds is 7. The van der Waals surface area contributed by atoms with Gasteiger partial charge in [-0.05, 0) is 6.92 Å². The Kier molecular flexibility index (Phi) is 6.08. The van der Waals surface area contributed by atoms with Crippen LogP contribution in [-0.2, 0) is 22.0 Å². The molecule has 0 saturated carbocycles. The predicted molar refractivity (Wildman–Crippen MR) is 89.0 cm³/mol. The second kappa shape index (κ2) is 8.06. The van der Waals surface area contributed by atoms with E-state index in [9.17, 15) is 18.4 Å². The van der Waals surface area contributed by atoms with Gasteiger partial charge < -0.3 is 10.1 Å². The average molecular weight is 372 g/mol. The van der Waals surface area contributed by atoms with Gasteiger partial charge in [0, 0.05) is 5.56 Å². The van der Waals surface area contributed by atoms with E-state index in [2.05, 4.69) is 10.3 Å². The van der Waals surface area contributed by atoms with Crippen LogP contribution in [0.25, 0.3) is 0 Å². The van der Waals surface area contributed by atoms with Crippen LogP contribution < -0.4 is 10.9 Å². The van der Waals surface area contributed by atoms with Crippen LogP contribution in [0.4, 0.5) is 14.6 Å². The SMILES string of the molecule is CCOC(=O)Cn1c(Cl)cnc(NCC(F)(F)c2ccccc2)c1=O. The Morgan fingerprint density at radius 2 is 2.04 bits per heavy atom. The van der Waals surface area contributed by atoms with Crippen molar-refractivity contribution in [2.45, 2.75) is 19.4 Å². The van der Waals surface area contributed by atoms with E-state index in [1.807, 2.05) is 0 Å². The van der Waals surface area contributed by atoms with E-state index < -0.39 is 30.5 Å². The molecule has 0 aliphatic rings. The quantitative estimate of drug-likeness (QED) is 0.757. The monoisotopic (exact) mass is 371 g/mol. The highest BCUT2D eigenvalue weighted by Crippen LogP contribution is 2.27. The lowest BCUT2D eigenvalue weighted by molar-refractivity contribution is -0.143. The summed E-state index contributed by atoms with van der Waals surface area (Å²) < 4.78 is 34.0. The molecule has 0 aliphatic heterocycles. The number of hydrogen-bond acceptors (Lipinski definition) is 5. The molecule has 0 aliphatic carbocycles. The van der Waals surface area contributed by atoms with Gasteiger partial charge in [0.2, 0.25) is 0 Å². The molecule has 0 amide bonds. The van der Waals surface area contributed by atoms with Crippen LogP contribution in [0, 0.1) is 0 Å². The number of ether oxygens (including phenoxy) is 1. The average Bonchev–Trinajstić information content (AvgIpc) is 2.59. The van der Waals surface area contributed by atoms with Gasteiger partial charge in [-0.15, -0.1) is 0 Å². The summed E-state index contributed by atoms with van der Waals surface area (Å²) in [5.74, 6) is -4.20. The number of carbonyl (C=O) groups excluding carboxylic acids is 1. The van der Waals surface area contributed by atoms with Gasteiger partial charge in [-0.2, -0.15) is 8.78 Å². The van der Waals surface area contributed by atoms with Crippen molar-refractivity contribution in [1.29, 1.82) is 0 Å². The third-order valence-corrected chi connectivity index (χ3v) is 3.57. The highest BCUT2D eigenvalue weighted by molar-refractivity contribution is 6.29. The molecule has 6 nitrogen and oxygen atoms in total. The smallest absolute Gasteiger partial charge is 0.326 e. The second-order valence-corrected chi connectivity index (χ2v) is 5.44. The zero-order chi connectivity index (χ0) is 18.4. The lowest BCUT2D eigenvalue weighted by Crippen LogP contribution is -2.32. The van der Waals surface area contributed by atoms with E-state index in [1.165, 1.54) is 24.3 Å². The number of nitrogens with zero attached hydrogens (tertiary/aromatic N) is 2. The summed E-state index contributed by atoms with van der Waals surface area (Å²) in [6.07, 6.45) is 1.10. The second-order valence-electron chi connectivity index (χ2n) is 5.05. The van der Waals surface area contributed by atoms with Crippen LogP contribution in [0.5, 0.6) is 0 Å². The molecule has 0 radical (unpaired) electrons. The Morgan fingerprint density at radius 3 is 2.68 bits per heavy atom. The van der Waals surface area contributed by atoms with Gasteiger partial charge in [-0.1, -0.05) is 41.9 Å². The molecule has 0 fully saturated rings. The predicted octanol–water partition coefficient (Wildman–Crippen LogP) is 2.66.